The molecule has 0 heterocycles. The van der Waals surface area contributed by atoms with Gasteiger partial charge in [-0.3, -0.25) is 0 Å². The van der Waals surface area contributed by atoms with Crippen molar-refractivity contribution in [1.29, 1.82) is 0 Å². The summed E-state index contributed by atoms with van der Waals surface area (Å²) in [6.07, 6.45) is -4.35. The van der Waals surface area contributed by atoms with Crippen molar-refractivity contribution in [3.05, 3.63) is 101 Å². The van der Waals surface area contributed by atoms with Crippen molar-refractivity contribution in [3.8, 4) is 5.75 Å². The van der Waals surface area contributed by atoms with Gasteiger partial charge < -0.3 is 0 Å². The van der Waals surface area contributed by atoms with Crippen LogP contribution in [0.4, 0.5) is 13.2 Å². The third kappa shape index (κ3) is 5.35. The van der Waals surface area contributed by atoms with Crippen LogP contribution in [0.3, 0.4) is 0 Å². The molecule has 3 rings (SSSR count). The van der Waals surface area contributed by atoms with Crippen molar-refractivity contribution in [2.75, 3.05) is 7.11 Å². The number of hydrogen-bond acceptors (Lipinski definition) is 1. The molecule has 0 amide bonds. The van der Waals surface area contributed by atoms with Gasteiger partial charge in [0.25, 0.3) is 0 Å². The van der Waals surface area contributed by atoms with Gasteiger partial charge in [-0.15, -0.1) is 0 Å². The van der Waals surface area contributed by atoms with Crippen LogP contribution < -0.4 is 4.74 Å². The van der Waals surface area contributed by atoms with Crippen molar-refractivity contribution in [2.24, 2.45) is 0 Å². The second-order valence-corrected chi connectivity index (χ2v) is 22.9. The van der Waals surface area contributed by atoms with Gasteiger partial charge in [0.15, 0.2) is 0 Å². The Kier molecular flexibility index (Phi) is 6.89. The average molecular weight is 531 g/mol. The third-order valence-corrected chi connectivity index (χ3v) is 11.1. The van der Waals surface area contributed by atoms with Crippen molar-refractivity contribution in [3.63, 3.8) is 0 Å². The molecular weight excluding hydrogens is 504 g/mol. The summed E-state index contributed by atoms with van der Waals surface area (Å²) in [5, 5.41) is 0. The average Bonchev–Trinajstić information content (AvgIpc) is 2.71. The molecule has 162 valence electrons. The van der Waals surface area contributed by atoms with Crippen LogP contribution in [-0.4, -0.2) is 25.5 Å². The van der Waals surface area contributed by atoms with E-state index in [2.05, 4.69) is 33.0 Å². The fourth-order valence-electron chi connectivity index (χ4n) is 3.82. The van der Waals surface area contributed by atoms with Crippen LogP contribution >= 0.6 is 0 Å². The van der Waals surface area contributed by atoms with Crippen LogP contribution in [0.15, 0.2) is 72.8 Å². The predicted octanol–water partition coefficient (Wildman–Crippen LogP) is 7.86. The van der Waals surface area contributed by atoms with E-state index in [0.29, 0.717) is 0 Å². The van der Waals surface area contributed by atoms with E-state index in [0.717, 1.165) is 33.6 Å². The zero-order valence-electron chi connectivity index (χ0n) is 18.5. The molecule has 0 bridgehead atoms. The Bertz CT molecular complexity index is 1070. The molecule has 1 nitrogen and oxygen atoms in total. The Hall–Kier alpha value is -2.21. The van der Waals surface area contributed by atoms with E-state index in [1.165, 1.54) is 15.7 Å². The monoisotopic (exact) mass is 532 g/mol. The van der Waals surface area contributed by atoms with Crippen LogP contribution in [-0.2, 0) is 6.18 Å². The van der Waals surface area contributed by atoms with Crippen LogP contribution in [0.1, 0.15) is 27.8 Å². The topological polar surface area (TPSA) is 9.23 Å². The van der Waals surface area contributed by atoms with Gasteiger partial charge in [-0.2, -0.15) is 0 Å². The fraction of sp³-hybridized carbons (Fsp3) is 0.231. The van der Waals surface area contributed by atoms with Gasteiger partial charge in [-0.05, 0) is 0 Å². The zero-order chi connectivity index (χ0) is 22.8. The van der Waals surface area contributed by atoms with Gasteiger partial charge in [-0.1, -0.05) is 0 Å². The van der Waals surface area contributed by atoms with Gasteiger partial charge in [0, 0.05) is 0 Å². The van der Waals surface area contributed by atoms with E-state index in [1.807, 2.05) is 37.3 Å². The number of benzene rings is 3. The summed E-state index contributed by atoms with van der Waals surface area (Å²) in [5.41, 5.74) is 4.45. The minimum atomic E-state index is -4.35. The molecule has 0 N–H and O–H groups in total. The molecule has 0 radical (unpaired) electrons. The summed E-state index contributed by atoms with van der Waals surface area (Å²) in [7, 11) is 1.63. The SMILES string of the molecule is COc1ccc(/[C](=C(\c2ccc(C(F)(F)F)cc2)c2ccccc2C)[Sn]([CH3])([CH3])[CH3])cc1. The second-order valence-electron chi connectivity index (χ2n) is 8.62. The number of alkyl halides is 3. The molecule has 5 heteroatoms. The van der Waals surface area contributed by atoms with Crippen LogP contribution in [0, 0.1) is 6.92 Å². The molecular formula is C26H27F3OSn. The Labute approximate surface area is 186 Å². The molecule has 0 fully saturated rings. The molecule has 0 aliphatic heterocycles. The normalized spacial score (nSPS) is 13.0. The predicted molar refractivity (Wildman–Crippen MR) is 125 cm³/mol. The summed E-state index contributed by atoms with van der Waals surface area (Å²) < 4.78 is 46.1. The van der Waals surface area contributed by atoms with Crippen molar-refractivity contribution in [2.45, 2.75) is 27.9 Å². The first kappa shape index (κ1) is 23.5. The van der Waals surface area contributed by atoms with E-state index in [9.17, 15) is 13.2 Å². The molecule has 31 heavy (non-hydrogen) atoms. The molecule has 0 aliphatic carbocycles. The van der Waals surface area contributed by atoms with Gasteiger partial charge in [-0.25, -0.2) is 0 Å². The molecule has 0 aliphatic rings. The number of methoxy groups -OCH3 is 1. The van der Waals surface area contributed by atoms with E-state index >= 15 is 0 Å². The first-order valence-electron chi connectivity index (χ1n) is 10.1. The van der Waals surface area contributed by atoms with Gasteiger partial charge >= 0.3 is 187 Å². The Morgan fingerprint density at radius 1 is 0.774 bits per heavy atom. The summed E-state index contributed by atoms with van der Waals surface area (Å²) in [5.74, 6) is 0.777. The molecule has 0 unspecified atom stereocenters. The quantitative estimate of drug-likeness (QED) is 0.241. The number of rotatable bonds is 5. The van der Waals surface area contributed by atoms with Crippen LogP contribution in [0.5, 0.6) is 5.75 Å². The van der Waals surface area contributed by atoms with Crippen molar-refractivity contribution < 1.29 is 17.9 Å². The molecule has 3 aromatic carbocycles. The zero-order valence-corrected chi connectivity index (χ0v) is 21.3. The van der Waals surface area contributed by atoms with Gasteiger partial charge in [0.1, 0.15) is 0 Å². The van der Waals surface area contributed by atoms with Crippen molar-refractivity contribution in [1.82, 2.24) is 0 Å². The van der Waals surface area contributed by atoms with Crippen molar-refractivity contribution >= 4 is 27.5 Å². The van der Waals surface area contributed by atoms with Crippen LogP contribution in [0.25, 0.3) is 9.16 Å². The molecule has 0 saturated heterocycles. The summed E-state index contributed by atoms with van der Waals surface area (Å²) in [6, 6.07) is 21.6. The fourth-order valence-corrected chi connectivity index (χ4v) is 9.71. The molecule has 0 saturated carbocycles. The first-order valence-corrected chi connectivity index (χ1v) is 20.1. The van der Waals surface area contributed by atoms with E-state index < -0.39 is 30.1 Å². The third-order valence-electron chi connectivity index (χ3n) is 5.29. The van der Waals surface area contributed by atoms with E-state index in [4.69, 9.17) is 4.74 Å². The summed E-state index contributed by atoms with van der Waals surface area (Å²) >= 11 is -2.80. The molecule has 0 aromatic heterocycles. The first-order chi connectivity index (χ1) is 14.5. The number of hydrogen-bond donors (Lipinski definition) is 0. The number of ether oxygens (including phenoxy) is 1. The number of aryl methyl sites for hydroxylation is 1. The second kappa shape index (κ2) is 9.11. The van der Waals surface area contributed by atoms with Gasteiger partial charge in [0.2, 0.25) is 0 Å². The van der Waals surface area contributed by atoms with Crippen LogP contribution in [0.2, 0.25) is 14.8 Å². The molecule has 3 aromatic rings. The van der Waals surface area contributed by atoms with E-state index in [1.54, 1.807) is 19.2 Å². The standard InChI is InChI=1S/C23H18F3O.3CH3.Sn/c1-16-5-3-4-6-21(16)22(15-17-7-13-20(27-2)14-8-17)18-9-11-19(12-10-18)23(24,25)26;;;;/h3-14H,1-2H3;3*1H3;. The summed E-state index contributed by atoms with van der Waals surface area (Å²) in [4.78, 5) is 6.99. The Morgan fingerprint density at radius 2 is 1.32 bits per heavy atom. The summed E-state index contributed by atoms with van der Waals surface area (Å²) in [6.45, 7) is 2.04. The Balaban J connectivity index is 2.35. The maximum absolute atomic E-state index is 13.2. The van der Waals surface area contributed by atoms with E-state index in [-0.39, 0.29) is 0 Å². The molecule has 0 atom stereocenters. The van der Waals surface area contributed by atoms with Gasteiger partial charge in [0.05, 0.1) is 0 Å². The Morgan fingerprint density at radius 3 is 1.81 bits per heavy atom. The maximum atomic E-state index is 13.2. The molecule has 0 spiro atoms. The minimum absolute atomic E-state index is 0.634. The number of halogens is 3.